The van der Waals surface area contributed by atoms with Crippen molar-refractivity contribution < 1.29 is 14.3 Å². The summed E-state index contributed by atoms with van der Waals surface area (Å²) >= 11 is 1.33. The van der Waals surface area contributed by atoms with Crippen molar-refractivity contribution in [1.82, 2.24) is 20.2 Å². The lowest BCUT2D eigenvalue weighted by Crippen LogP contribution is -2.42. The molecule has 0 bridgehead atoms. The molecule has 1 atom stereocenters. The average molecular weight is 332 g/mol. The summed E-state index contributed by atoms with van der Waals surface area (Å²) in [6, 6.07) is 3.46. The van der Waals surface area contributed by atoms with Crippen molar-refractivity contribution in [2.24, 2.45) is 0 Å². The van der Waals surface area contributed by atoms with Crippen molar-refractivity contribution in [2.45, 2.75) is 6.10 Å². The normalized spacial score (nSPS) is 17.8. The Morgan fingerprint density at radius 2 is 2.26 bits per heavy atom. The van der Waals surface area contributed by atoms with E-state index in [1.165, 1.54) is 17.5 Å². The topological polar surface area (TPSA) is 84.4 Å². The minimum atomic E-state index is -0.292. The third-order valence-corrected chi connectivity index (χ3v) is 4.36. The van der Waals surface area contributed by atoms with Gasteiger partial charge in [0, 0.05) is 19.8 Å². The molecule has 2 aromatic heterocycles. The second kappa shape index (κ2) is 6.84. The lowest BCUT2D eigenvalue weighted by molar-refractivity contribution is -0.0245. The number of carbonyl (C=O) groups is 2. The van der Waals surface area contributed by atoms with E-state index in [1.54, 1.807) is 35.8 Å². The third kappa shape index (κ3) is 3.38. The standard InChI is InChI=1S/C15H16N4O3S/c1-16-14(20)10-2-3-11(18-6-10)12-8-19(4-5-22-12)15(21)13-7-17-9-23-13/h2-3,6-7,9,12H,4-5,8H2,1H3,(H,16,20). The Balaban J connectivity index is 1.71. The molecule has 2 aromatic rings. The van der Waals surface area contributed by atoms with Gasteiger partial charge in [-0.2, -0.15) is 0 Å². The first kappa shape index (κ1) is 15.6. The maximum absolute atomic E-state index is 12.4. The summed E-state index contributed by atoms with van der Waals surface area (Å²) in [4.78, 5) is 34.5. The highest BCUT2D eigenvalue weighted by atomic mass is 32.1. The van der Waals surface area contributed by atoms with Crippen LogP contribution in [0.2, 0.25) is 0 Å². The molecule has 1 N–H and O–H groups in total. The summed E-state index contributed by atoms with van der Waals surface area (Å²) in [5.74, 6) is -0.224. The average Bonchev–Trinajstić information content (AvgIpc) is 3.15. The number of nitrogens with one attached hydrogen (secondary N) is 1. The molecule has 1 unspecified atom stereocenters. The first-order valence-electron chi connectivity index (χ1n) is 7.16. The number of thiazole rings is 1. The molecule has 3 rings (SSSR count). The number of hydrogen-bond donors (Lipinski definition) is 1. The largest absolute Gasteiger partial charge is 0.368 e. The Labute approximate surface area is 137 Å². The quantitative estimate of drug-likeness (QED) is 0.910. The molecule has 0 aromatic carbocycles. The van der Waals surface area contributed by atoms with Gasteiger partial charge in [-0.1, -0.05) is 0 Å². The SMILES string of the molecule is CNC(=O)c1ccc(C2CN(C(=O)c3cncs3)CCO2)nc1. The van der Waals surface area contributed by atoms with Crippen molar-refractivity contribution in [1.29, 1.82) is 0 Å². The molecule has 7 nitrogen and oxygen atoms in total. The van der Waals surface area contributed by atoms with Gasteiger partial charge in [0.15, 0.2) is 0 Å². The van der Waals surface area contributed by atoms with Crippen LogP contribution in [0.3, 0.4) is 0 Å². The highest BCUT2D eigenvalue weighted by Gasteiger charge is 2.27. The van der Waals surface area contributed by atoms with Crippen LogP contribution in [0.5, 0.6) is 0 Å². The van der Waals surface area contributed by atoms with Crippen LogP contribution in [0.25, 0.3) is 0 Å². The van der Waals surface area contributed by atoms with Gasteiger partial charge in [0.05, 0.1) is 36.1 Å². The second-order valence-corrected chi connectivity index (χ2v) is 5.91. The zero-order valence-corrected chi connectivity index (χ0v) is 13.4. The Kier molecular flexibility index (Phi) is 4.63. The Hall–Kier alpha value is -2.32. The van der Waals surface area contributed by atoms with Gasteiger partial charge in [-0.3, -0.25) is 19.6 Å². The molecule has 1 saturated heterocycles. The Morgan fingerprint density at radius 3 is 2.91 bits per heavy atom. The Bertz CT molecular complexity index is 687. The molecule has 23 heavy (non-hydrogen) atoms. The second-order valence-electron chi connectivity index (χ2n) is 5.03. The number of carbonyl (C=O) groups excluding carboxylic acids is 2. The molecule has 1 fully saturated rings. The molecule has 8 heteroatoms. The lowest BCUT2D eigenvalue weighted by Gasteiger charge is -2.32. The van der Waals surface area contributed by atoms with E-state index in [2.05, 4.69) is 15.3 Å². The van der Waals surface area contributed by atoms with Crippen molar-refractivity contribution >= 4 is 23.2 Å². The van der Waals surface area contributed by atoms with Gasteiger partial charge in [0.1, 0.15) is 11.0 Å². The number of morpholine rings is 1. The molecular weight excluding hydrogens is 316 g/mol. The fourth-order valence-electron chi connectivity index (χ4n) is 2.36. The summed E-state index contributed by atoms with van der Waals surface area (Å²) in [7, 11) is 1.57. The van der Waals surface area contributed by atoms with Gasteiger partial charge >= 0.3 is 0 Å². The van der Waals surface area contributed by atoms with Crippen LogP contribution >= 0.6 is 11.3 Å². The molecule has 2 amide bonds. The van der Waals surface area contributed by atoms with E-state index < -0.39 is 0 Å². The number of ether oxygens (including phenoxy) is 1. The van der Waals surface area contributed by atoms with Crippen LogP contribution in [0.1, 0.15) is 31.8 Å². The lowest BCUT2D eigenvalue weighted by atomic mass is 10.1. The van der Waals surface area contributed by atoms with Crippen molar-refractivity contribution in [3.63, 3.8) is 0 Å². The maximum atomic E-state index is 12.4. The molecule has 0 radical (unpaired) electrons. The van der Waals surface area contributed by atoms with Crippen LogP contribution in [0.4, 0.5) is 0 Å². The molecule has 0 spiro atoms. The molecule has 1 aliphatic rings. The fourth-order valence-corrected chi connectivity index (χ4v) is 2.95. The van der Waals surface area contributed by atoms with E-state index in [0.717, 1.165) is 0 Å². The van der Waals surface area contributed by atoms with E-state index >= 15 is 0 Å². The van der Waals surface area contributed by atoms with Crippen molar-refractivity contribution in [3.8, 4) is 0 Å². The minimum Gasteiger partial charge on any atom is -0.368 e. The van der Waals surface area contributed by atoms with Crippen LogP contribution < -0.4 is 5.32 Å². The molecule has 1 aliphatic heterocycles. The smallest absolute Gasteiger partial charge is 0.265 e. The molecule has 3 heterocycles. The van der Waals surface area contributed by atoms with Crippen LogP contribution in [0.15, 0.2) is 30.0 Å². The van der Waals surface area contributed by atoms with Crippen LogP contribution in [-0.2, 0) is 4.74 Å². The summed E-state index contributed by atoms with van der Waals surface area (Å²) < 4.78 is 5.72. The van der Waals surface area contributed by atoms with E-state index in [1.807, 2.05) is 0 Å². The number of rotatable bonds is 3. The van der Waals surface area contributed by atoms with E-state index in [0.29, 0.717) is 35.8 Å². The van der Waals surface area contributed by atoms with Crippen molar-refractivity contribution in [3.05, 3.63) is 46.2 Å². The third-order valence-electron chi connectivity index (χ3n) is 3.60. The summed E-state index contributed by atoms with van der Waals surface area (Å²) in [6.45, 7) is 1.43. The minimum absolute atomic E-state index is 0.0391. The van der Waals surface area contributed by atoms with Crippen LogP contribution in [0, 0.1) is 0 Å². The number of aromatic nitrogens is 2. The highest BCUT2D eigenvalue weighted by Crippen LogP contribution is 2.22. The van der Waals surface area contributed by atoms with Crippen molar-refractivity contribution in [2.75, 3.05) is 26.7 Å². The van der Waals surface area contributed by atoms with E-state index in [9.17, 15) is 9.59 Å². The summed E-state index contributed by atoms with van der Waals surface area (Å²) in [5, 5.41) is 2.55. The monoisotopic (exact) mass is 332 g/mol. The van der Waals surface area contributed by atoms with Gasteiger partial charge in [-0.25, -0.2) is 0 Å². The predicted molar refractivity (Wildman–Crippen MR) is 84.3 cm³/mol. The molecular formula is C15H16N4O3S. The number of nitrogens with zero attached hydrogens (tertiary/aromatic N) is 3. The van der Waals surface area contributed by atoms with Crippen LogP contribution in [-0.4, -0.2) is 53.4 Å². The number of hydrogen-bond acceptors (Lipinski definition) is 6. The number of pyridine rings is 1. The van der Waals surface area contributed by atoms with Gasteiger partial charge in [-0.15, -0.1) is 11.3 Å². The molecule has 0 saturated carbocycles. The van der Waals surface area contributed by atoms with Gasteiger partial charge in [0.2, 0.25) is 0 Å². The molecule has 120 valence electrons. The zero-order chi connectivity index (χ0) is 16.2. The summed E-state index contributed by atoms with van der Waals surface area (Å²) in [5.41, 5.74) is 2.84. The fraction of sp³-hybridized carbons (Fsp3) is 0.333. The summed E-state index contributed by atoms with van der Waals surface area (Å²) in [6.07, 6.45) is 2.80. The highest BCUT2D eigenvalue weighted by molar-refractivity contribution is 7.11. The first-order valence-corrected chi connectivity index (χ1v) is 8.04. The molecule has 0 aliphatic carbocycles. The predicted octanol–water partition coefficient (Wildman–Crippen LogP) is 1.11. The Morgan fingerprint density at radius 1 is 1.39 bits per heavy atom. The van der Waals surface area contributed by atoms with Gasteiger partial charge < -0.3 is 15.0 Å². The number of amides is 2. The van der Waals surface area contributed by atoms with Gasteiger partial charge in [0.25, 0.3) is 11.8 Å². The van der Waals surface area contributed by atoms with Gasteiger partial charge in [-0.05, 0) is 12.1 Å². The van der Waals surface area contributed by atoms with E-state index in [-0.39, 0.29) is 17.9 Å². The maximum Gasteiger partial charge on any atom is 0.265 e. The first-order chi connectivity index (χ1) is 11.2. The van der Waals surface area contributed by atoms with E-state index in [4.69, 9.17) is 4.74 Å². The zero-order valence-electron chi connectivity index (χ0n) is 12.6.